The van der Waals surface area contributed by atoms with Crippen LogP contribution in [0.2, 0.25) is 5.02 Å². The summed E-state index contributed by atoms with van der Waals surface area (Å²) in [6.07, 6.45) is 1.88. The van der Waals surface area contributed by atoms with Crippen molar-refractivity contribution in [3.8, 4) is 11.3 Å². The maximum absolute atomic E-state index is 13.0. The quantitative estimate of drug-likeness (QED) is 0.434. The average Bonchev–Trinajstić information content (AvgIpc) is 3.20. The highest BCUT2D eigenvalue weighted by atomic mass is 35.5. The molecule has 0 atom stereocenters. The van der Waals surface area contributed by atoms with Crippen LogP contribution in [0.5, 0.6) is 0 Å². The first-order valence-corrected chi connectivity index (χ1v) is 10.0. The Hall–Kier alpha value is -2.84. The van der Waals surface area contributed by atoms with Crippen LogP contribution in [0.25, 0.3) is 11.3 Å². The molecule has 0 radical (unpaired) electrons. The lowest BCUT2D eigenvalue weighted by Crippen LogP contribution is -2.42. The number of aromatic nitrogens is 1. The van der Waals surface area contributed by atoms with Gasteiger partial charge >= 0.3 is 0 Å². The van der Waals surface area contributed by atoms with E-state index in [-0.39, 0.29) is 36.2 Å². The van der Waals surface area contributed by atoms with E-state index in [1.807, 2.05) is 12.1 Å². The molecular formula is C20H17ClFN3O3S. The number of rotatable bonds is 7. The number of nitrogens with one attached hydrogen (secondary N) is 2. The predicted octanol–water partition coefficient (Wildman–Crippen LogP) is 4.01. The van der Waals surface area contributed by atoms with Gasteiger partial charge in [-0.05, 0) is 48.5 Å². The first-order chi connectivity index (χ1) is 14.0. The topological polar surface area (TPSA) is 84.2 Å². The van der Waals surface area contributed by atoms with Crippen molar-refractivity contribution in [3.63, 3.8) is 0 Å². The van der Waals surface area contributed by atoms with Crippen molar-refractivity contribution in [2.75, 3.05) is 5.75 Å². The number of aryl methyl sites for hydroxylation is 1. The second kappa shape index (κ2) is 10.1. The van der Waals surface area contributed by atoms with E-state index in [2.05, 4.69) is 15.8 Å². The first-order valence-electron chi connectivity index (χ1n) is 8.66. The van der Waals surface area contributed by atoms with Gasteiger partial charge in [-0.15, -0.1) is 11.8 Å². The Kier molecular flexibility index (Phi) is 7.26. The Morgan fingerprint density at radius 3 is 2.45 bits per heavy atom. The smallest absolute Gasteiger partial charge is 0.248 e. The van der Waals surface area contributed by atoms with Crippen LogP contribution in [0.4, 0.5) is 4.39 Å². The highest BCUT2D eigenvalue weighted by molar-refractivity contribution is 8.00. The molecule has 2 N–H and O–H groups in total. The van der Waals surface area contributed by atoms with Crippen molar-refractivity contribution < 1.29 is 18.4 Å². The molecule has 0 fully saturated rings. The molecule has 0 spiro atoms. The molecule has 2 amide bonds. The van der Waals surface area contributed by atoms with Crippen molar-refractivity contribution in [3.05, 3.63) is 71.5 Å². The predicted molar refractivity (Wildman–Crippen MR) is 109 cm³/mol. The van der Waals surface area contributed by atoms with Crippen molar-refractivity contribution in [1.82, 2.24) is 15.8 Å². The van der Waals surface area contributed by atoms with Gasteiger partial charge in [0.15, 0.2) is 11.7 Å². The van der Waals surface area contributed by atoms with Crippen LogP contribution in [-0.4, -0.2) is 22.6 Å². The number of nitrogens with zero attached hydrogens (tertiary/aromatic N) is 1. The summed E-state index contributed by atoms with van der Waals surface area (Å²) in [6, 6.07) is 13.0. The van der Waals surface area contributed by atoms with E-state index in [4.69, 9.17) is 16.0 Å². The summed E-state index contributed by atoms with van der Waals surface area (Å²) >= 11 is 7.14. The Labute approximate surface area is 175 Å². The molecule has 0 saturated carbocycles. The summed E-state index contributed by atoms with van der Waals surface area (Å²) in [5.41, 5.74) is 5.42. The number of benzene rings is 2. The molecule has 0 aliphatic rings. The Morgan fingerprint density at radius 1 is 1.03 bits per heavy atom. The van der Waals surface area contributed by atoms with Crippen LogP contribution >= 0.6 is 23.4 Å². The highest BCUT2D eigenvalue weighted by Crippen LogP contribution is 2.21. The number of carbonyl (C=O) groups excluding carboxylic acids is 2. The molecular weight excluding hydrogens is 417 g/mol. The highest BCUT2D eigenvalue weighted by Gasteiger charge is 2.10. The van der Waals surface area contributed by atoms with E-state index in [1.165, 1.54) is 30.1 Å². The van der Waals surface area contributed by atoms with Gasteiger partial charge in [0.05, 0.1) is 11.9 Å². The number of hydrazine groups is 1. The van der Waals surface area contributed by atoms with Gasteiger partial charge in [-0.1, -0.05) is 11.6 Å². The van der Waals surface area contributed by atoms with Crippen LogP contribution in [0.1, 0.15) is 12.3 Å². The van der Waals surface area contributed by atoms with Gasteiger partial charge < -0.3 is 4.42 Å². The number of thioether (sulfide) groups is 1. The van der Waals surface area contributed by atoms with E-state index < -0.39 is 0 Å². The zero-order chi connectivity index (χ0) is 20.6. The molecule has 0 saturated heterocycles. The monoisotopic (exact) mass is 433 g/mol. The zero-order valence-electron chi connectivity index (χ0n) is 15.2. The van der Waals surface area contributed by atoms with E-state index in [0.717, 1.165) is 4.90 Å². The fraction of sp³-hybridized carbons (Fsp3) is 0.150. The fourth-order valence-electron chi connectivity index (χ4n) is 2.31. The van der Waals surface area contributed by atoms with Gasteiger partial charge in [0, 0.05) is 28.3 Å². The molecule has 3 rings (SSSR count). The number of halogens is 2. The maximum atomic E-state index is 13.0. The molecule has 0 aliphatic heterocycles. The summed E-state index contributed by atoms with van der Waals surface area (Å²) in [5.74, 6) is 0.00284. The SMILES string of the molecule is O=C(CCc1ncc(-c2ccc(F)cc2)o1)NNC(=O)CSc1ccc(Cl)cc1. The van der Waals surface area contributed by atoms with Gasteiger partial charge in [0.2, 0.25) is 11.8 Å². The lowest BCUT2D eigenvalue weighted by atomic mass is 10.2. The minimum atomic E-state index is -0.364. The molecule has 0 bridgehead atoms. The van der Waals surface area contributed by atoms with Gasteiger partial charge in [-0.3, -0.25) is 20.4 Å². The van der Waals surface area contributed by atoms with E-state index in [1.54, 1.807) is 24.3 Å². The average molecular weight is 434 g/mol. The standard InChI is InChI=1S/C20H17ClFN3O3S/c21-14-3-7-16(8-4-14)29-12-19(27)25-24-18(26)9-10-20-23-11-17(28-20)13-1-5-15(22)6-2-13/h1-8,11H,9-10,12H2,(H,24,26)(H,25,27). The van der Waals surface area contributed by atoms with Crippen molar-refractivity contribution >= 4 is 35.2 Å². The normalized spacial score (nSPS) is 10.6. The Balaban J connectivity index is 1.38. The Morgan fingerprint density at radius 2 is 1.72 bits per heavy atom. The van der Waals surface area contributed by atoms with Gasteiger partial charge in [-0.25, -0.2) is 9.37 Å². The molecule has 0 aliphatic carbocycles. The Bertz CT molecular complexity index is 977. The molecule has 150 valence electrons. The third-order valence-corrected chi connectivity index (χ3v) is 5.04. The number of oxazole rings is 1. The number of hydrogen-bond acceptors (Lipinski definition) is 5. The number of amides is 2. The lowest BCUT2D eigenvalue weighted by molar-refractivity contribution is -0.127. The molecule has 6 nitrogen and oxygen atoms in total. The van der Waals surface area contributed by atoms with E-state index in [9.17, 15) is 14.0 Å². The van der Waals surface area contributed by atoms with Crippen LogP contribution in [-0.2, 0) is 16.0 Å². The summed E-state index contributed by atoms with van der Waals surface area (Å²) in [4.78, 5) is 28.7. The van der Waals surface area contributed by atoms with E-state index in [0.29, 0.717) is 22.2 Å². The van der Waals surface area contributed by atoms with Crippen LogP contribution < -0.4 is 10.9 Å². The molecule has 1 aromatic heterocycles. The third-order valence-electron chi connectivity index (χ3n) is 3.77. The minimum absolute atomic E-state index is 0.0912. The second-order valence-electron chi connectivity index (χ2n) is 5.96. The van der Waals surface area contributed by atoms with Crippen molar-refractivity contribution in [2.45, 2.75) is 17.7 Å². The van der Waals surface area contributed by atoms with Crippen LogP contribution in [0.15, 0.2) is 64.0 Å². The van der Waals surface area contributed by atoms with Crippen LogP contribution in [0.3, 0.4) is 0 Å². The van der Waals surface area contributed by atoms with Gasteiger partial charge in [-0.2, -0.15) is 0 Å². The van der Waals surface area contributed by atoms with Crippen molar-refractivity contribution in [1.29, 1.82) is 0 Å². The third kappa shape index (κ3) is 6.62. The summed E-state index contributed by atoms with van der Waals surface area (Å²) in [7, 11) is 0. The molecule has 1 heterocycles. The summed E-state index contributed by atoms with van der Waals surface area (Å²) in [5, 5.41) is 0.627. The molecule has 3 aromatic rings. The van der Waals surface area contributed by atoms with Gasteiger partial charge in [0.1, 0.15) is 5.82 Å². The first kappa shape index (κ1) is 20.9. The molecule has 2 aromatic carbocycles. The molecule has 29 heavy (non-hydrogen) atoms. The van der Waals surface area contributed by atoms with Gasteiger partial charge in [0.25, 0.3) is 0 Å². The number of carbonyl (C=O) groups is 2. The lowest BCUT2D eigenvalue weighted by Gasteiger charge is -2.06. The van der Waals surface area contributed by atoms with Crippen LogP contribution in [0, 0.1) is 5.82 Å². The zero-order valence-corrected chi connectivity index (χ0v) is 16.7. The fourth-order valence-corrected chi connectivity index (χ4v) is 3.14. The largest absolute Gasteiger partial charge is 0.441 e. The van der Waals surface area contributed by atoms with E-state index >= 15 is 0 Å². The molecule has 9 heteroatoms. The summed E-state index contributed by atoms with van der Waals surface area (Å²) < 4.78 is 18.5. The number of hydrogen-bond donors (Lipinski definition) is 2. The maximum Gasteiger partial charge on any atom is 0.248 e. The summed E-state index contributed by atoms with van der Waals surface area (Å²) in [6.45, 7) is 0. The molecule has 0 unspecified atom stereocenters. The second-order valence-corrected chi connectivity index (χ2v) is 7.45. The van der Waals surface area contributed by atoms with Crippen molar-refractivity contribution in [2.24, 2.45) is 0 Å². The minimum Gasteiger partial charge on any atom is -0.441 e.